The Bertz CT molecular complexity index is 485. The Kier molecular flexibility index (Phi) is 6.85. The molecule has 0 heterocycles. The van der Waals surface area contributed by atoms with Crippen LogP contribution in [0.15, 0.2) is 24.3 Å². The molecule has 0 aliphatic carbocycles. The number of hydrogen-bond donors (Lipinski definition) is 0. The average Bonchev–Trinajstić information content (AvgIpc) is 2.45. The second-order valence-electron chi connectivity index (χ2n) is 4.94. The van der Waals surface area contributed by atoms with Crippen LogP contribution in [0, 0.1) is 5.82 Å². The summed E-state index contributed by atoms with van der Waals surface area (Å²) in [6, 6.07) is 5.99. The first-order valence-corrected chi connectivity index (χ1v) is 7.31. The molecule has 0 aliphatic heterocycles. The van der Waals surface area contributed by atoms with Gasteiger partial charge in [-0.3, -0.25) is 9.59 Å². The summed E-state index contributed by atoms with van der Waals surface area (Å²) >= 11 is 0. The molecule has 1 aromatic carbocycles. The van der Waals surface area contributed by atoms with Gasteiger partial charge < -0.3 is 9.80 Å². The van der Waals surface area contributed by atoms with Crippen molar-refractivity contribution < 1.29 is 14.0 Å². The van der Waals surface area contributed by atoms with E-state index in [1.807, 2.05) is 13.8 Å². The minimum absolute atomic E-state index is 0.129. The highest BCUT2D eigenvalue weighted by molar-refractivity contribution is 5.97. The van der Waals surface area contributed by atoms with Gasteiger partial charge >= 0.3 is 0 Å². The largest absolute Gasteiger partial charge is 0.341 e. The number of carbonyl (C=O) groups is 2. The summed E-state index contributed by atoms with van der Waals surface area (Å²) in [5.74, 6) is -1.00. The maximum atomic E-state index is 13.8. The summed E-state index contributed by atoms with van der Waals surface area (Å²) in [7, 11) is 0. The Morgan fingerprint density at radius 1 is 1.10 bits per heavy atom. The Hall–Kier alpha value is -1.91. The molecule has 0 radical (unpaired) electrons. The molecule has 1 aromatic rings. The molecule has 0 saturated carbocycles. The number of para-hydroxylation sites is 1. The molecule has 0 bridgehead atoms. The third kappa shape index (κ3) is 4.85. The van der Waals surface area contributed by atoms with Gasteiger partial charge in [-0.2, -0.15) is 0 Å². The average molecular weight is 294 g/mol. The zero-order valence-electron chi connectivity index (χ0n) is 12.9. The monoisotopic (exact) mass is 294 g/mol. The second kappa shape index (κ2) is 8.39. The fourth-order valence-electron chi connectivity index (χ4n) is 2.17. The summed E-state index contributed by atoms with van der Waals surface area (Å²) in [4.78, 5) is 27.0. The van der Waals surface area contributed by atoms with Crippen LogP contribution in [-0.4, -0.2) is 36.3 Å². The van der Waals surface area contributed by atoms with Gasteiger partial charge in [0.15, 0.2) is 0 Å². The lowest BCUT2D eigenvalue weighted by atomic mass is 10.2. The van der Waals surface area contributed by atoms with Gasteiger partial charge in [-0.05, 0) is 25.0 Å². The normalized spacial score (nSPS) is 10.3. The van der Waals surface area contributed by atoms with E-state index < -0.39 is 5.82 Å². The van der Waals surface area contributed by atoms with Crippen LogP contribution in [0.3, 0.4) is 0 Å². The number of benzene rings is 1. The summed E-state index contributed by atoms with van der Waals surface area (Å²) in [6.45, 7) is 6.50. The fraction of sp³-hybridized carbons (Fsp3) is 0.500. The summed E-state index contributed by atoms with van der Waals surface area (Å²) in [5, 5.41) is 0. The van der Waals surface area contributed by atoms with E-state index in [1.165, 1.54) is 24.0 Å². The summed E-state index contributed by atoms with van der Waals surface area (Å²) < 4.78 is 13.8. The van der Waals surface area contributed by atoms with Gasteiger partial charge in [-0.15, -0.1) is 0 Å². The number of carbonyl (C=O) groups excluding carboxylic acids is 2. The van der Waals surface area contributed by atoms with E-state index in [-0.39, 0.29) is 24.0 Å². The minimum atomic E-state index is -0.502. The molecule has 0 aromatic heterocycles. The minimum Gasteiger partial charge on any atom is -0.341 e. The molecule has 0 fully saturated rings. The van der Waals surface area contributed by atoms with E-state index in [9.17, 15) is 14.0 Å². The van der Waals surface area contributed by atoms with Crippen molar-refractivity contribution in [2.45, 2.75) is 33.6 Å². The van der Waals surface area contributed by atoms with E-state index in [4.69, 9.17) is 0 Å². The summed E-state index contributed by atoms with van der Waals surface area (Å²) in [6.07, 6.45) is 1.71. The smallest absolute Gasteiger partial charge is 0.242 e. The van der Waals surface area contributed by atoms with Gasteiger partial charge in [0.1, 0.15) is 12.4 Å². The first-order chi connectivity index (χ1) is 10.0. The van der Waals surface area contributed by atoms with E-state index in [0.29, 0.717) is 13.1 Å². The Morgan fingerprint density at radius 2 is 1.67 bits per heavy atom. The fourth-order valence-corrected chi connectivity index (χ4v) is 2.17. The van der Waals surface area contributed by atoms with Crippen molar-refractivity contribution in [3.05, 3.63) is 30.1 Å². The van der Waals surface area contributed by atoms with Crippen molar-refractivity contribution in [3.63, 3.8) is 0 Å². The molecule has 4 nitrogen and oxygen atoms in total. The first kappa shape index (κ1) is 17.1. The molecule has 21 heavy (non-hydrogen) atoms. The number of amides is 2. The highest BCUT2D eigenvalue weighted by atomic mass is 19.1. The maximum absolute atomic E-state index is 13.8. The lowest BCUT2D eigenvalue weighted by Crippen LogP contribution is -2.43. The molecular formula is C16H23FN2O2. The van der Waals surface area contributed by atoms with Crippen molar-refractivity contribution in [2.24, 2.45) is 0 Å². The molecule has 5 heteroatoms. The predicted molar refractivity (Wildman–Crippen MR) is 81.6 cm³/mol. The van der Waals surface area contributed by atoms with Gasteiger partial charge in [-0.1, -0.05) is 26.0 Å². The number of anilines is 1. The number of nitrogens with zero attached hydrogens (tertiary/aromatic N) is 2. The van der Waals surface area contributed by atoms with E-state index >= 15 is 0 Å². The quantitative estimate of drug-likeness (QED) is 0.776. The third-order valence-corrected chi connectivity index (χ3v) is 3.16. The molecule has 0 spiro atoms. The molecule has 116 valence electrons. The lowest BCUT2D eigenvalue weighted by Gasteiger charge is -2.26. The molecule has 0 atom stereocenters. The van der Waals surface area contributed by atoms with Crippen LogP contribution in [0.5, 0.6) is 0 Å². The standard InChI is InChI=1S/C16H23FN2O2/c1-4-10-18(11-5-2)16(21)12-19(13(3)20)15-9-7-6-8-14(15)17/h6-9H,4-5,10-12H2,1-3H3. The Labute approximate surface area is 125 Å². The van der Waals surface area contributed by atoms with Crippen LogP contribution in [0.1, 0.15) is 33.6 Å². The number of halogens is 1. The Morgan fingerprint density at radius 3 is 2.14 bits per heavy atom. The van der Waals surface area contributed by atoms with Crippen LogP contribution in [0.2, 0.25) is 0 Å². The number of hydrogen-bond acceptors (Lipinski definition) is 2. The lowest BCUT2D eigenvalue weighted by molar-refractivity contribution is -0.131. The van der Waals surface area contributed by atoms with Crippen molar-refractivity contribution in [2.75, 3.05) is 24.5 Å². The van der Waals surface area contributed by atoms with Gasteiger partial charge in [0, 0.05) is 20.0 Å². The molecular weight excluding hydrogens is 271 g/mol. The summed E-state index contributed by atoms with van der Waals surface area (Å²) in [5.41, 5.74) is 0.145. The first-order valence-electron chi connectivity index (χ1n) is 7.31. The molecule has 0 unspecified atom stereocenters. The van der Waals surface area contributed by atoms with Crippen molar-refractivity contribution >= 4 is 17.5 Å². The molecule has 2 amide bonds. The molecule has 0 saturated heterocycles. The number of rotatable bonds is 7. The highest BCUT2D eigenvalue weighted by Gasteiger charge is 2.21. The highest BCUT2D eigenvalue weighted by Crippen LogP contribution is 2.19. The van der Waals surface area contributed by atoms with Gasteiger partial charge in [0.05, 0.1) is 5.69 Å². The SMILES string of the molecule is CCCN(CCC)C(=O)CN(C(C)=O)c1ccccc1F. The van der Waals surface area contributed by atoms with Gasteiger partial charge in [0.25, 0.3) is 0 Å². The van der Waals surface area contributed by atoms with Crippen LogP contribution < -0.4 is 4.90 Å². The molecule has 0 aliphatic rings. The zero-order valence-corrected chi connectivity index (χ0v) is 12.9. The third-order valence-electron chi connectivity index (χ3n) is 3.16. The maximum Gasteiger partial charge on any atom is 0.242 e. The van der Waals surface area contributed by atoms with Crippen molar-refractivity contribution in [1.82, 2.24) is 4.90 Å². The second-order valence-corrected chi connectivity index (χ2v) is 4.94. The van der Waals surface area contributed by atoms with Gasteiger partial charge in [0.2, 0.25) is 11.8 Å². The molecule has 0 N–H and O–H groups in total. The van der Waals surface area contributed by atoms with E-state index in [0.717, 1.165) is 12.8 Å². The predicted octanol–water partition coefficient (Wildman–Crippen LogP) is 2.83. The zero-order chi connectivity index (χ0) is 15.8. The van der Waals surface area contributed by atoms with Crippen molar-refractivity contribution in [1.29, 1.82) is 0 Å². The van der Waals surface area contributed by atoms with Gasteiger partial charge in [-0.25, -0.2) is 4.39 Å². The van der Waals surface area contributed by atoms with Crippen LogP contribution in [0.4, 0.5) is 10.1 Å². The van der Waals surface area contributed by atoms with Crippen LogP contribution in [-0.2, 0) is 9.59 Å². The Balaban J connectivity index is 2.91. The van der Waals surface area contributed by atoms with Crippen molar-refractivity contribution in [3.8, 4) is 0 Å². The topological polar surface area (TPSA) is 40.6 Å². The van der Waals surface area contributed by atoms with E-state index in [1.54, 1.807) is 17.0 Å². The van der Waals surface area contributed by atoms with Crippen LogP contribution in [0.25, 0.3) is 0 Å². The molecule has 1 rings (SSSR count). The van der Waals surface area contributed by atoms with E-state index in [2.05, 4.69) is 0 Å². The van der Waals surface area contributed by atoms with Crippen LogP contribution >= 0.6 is 0 Å².